The zero-order valence-electron chi connectivity index (χ0n) is 16.8. The molecule has 0 aliphatic heterocycles. The molecule has 1 atom stereocenters. The average Bonchev–Trinajstić information content (AvgIpc) is 2.65. The smallest absolute Gasteiger partial charge is 0.0933 e. The SMILES string of the molecule is CCCCCCC=C[SiH](C=CCCCCCCCC)c1ccccc1. The minimum absolute atomic E-state index is 1.08. The third kappa shape index (κ3) is 12.0. The number of rotatable bonds is 15. The predicted molar refractivity (Wildman–Crippen MR) is 118 cm³/mol. The molecule has 0 radical (unpaired) electrons. The summed E-state index contributed by atoms with van der Waals surface area (Å²) in [5.74, 6) is 0. The van der Waals surface area contributed by atoms with Gasteiger partial charge < -0.3 is 0 Å². The van der Waals surface area contributed by atoms with E-state index in [2.05, 4.69) is 67.7 Å². The van der Waals surface area contributed by atoms with Crippen LogP contribution in [0.3, 0.4) is 0 Å². The Morgan fingerprint density at radius 3 is 1.68 bits per heavy atom. The van der Waals surface area contributed by atoms with Gasteiger partial charge in [-0.3, -0.25) is 0 Å². The summed E-state index contributed by atoms with van der Waals surface area (Å²) in [6, 6.07) is 11.1. The molecule has 0 aromatic heterocycles. The van der Waals surface area contributed by atoms with Crippen molar-refractivity contribution in [1.82, 2.24) is 0 Å². The zero-order chi connectivity index (χ0) is 18.0. The maximum absolute atomic E-state index is 2.55. The lowest BCUT2D eigenvalue weighted by molar-refractivity contribution is 0.611. The molecule has 0 bridgehead atoms. The number of hydrogen-bond acceptors (Lipinski definition) is 0. The monoisotopic (exact) mass is 356 g/mol. The molecule has 1 unspecified atom stereocenters. The predicted octanol–water partition coefficient (Wildman–Crippen LogP) is 7.03. The van der Waals surface area contributed by atoms with Crippen LogP contribution in [0, 0.1) is 0 Å². The average molecular weight is 357 g/mol. The van der Waals surface area contributed by atoms with Gasteiger partial charge in [-0.15, -0.1) is 0 Å². The Morgan fingerprint density at radius 1 is 0.640 bits per heavy atom. The molecule has 0 spiro atoms. The van der Waals surface area contributed by atoms with Crippen LogP contribution in [0.25, 0.3) is 0 Å². The molecule has 0 heterocycles. The Balaban J connectivity index is 2.38. The topological polar surface area (TPSA) is 0 Å². The maximum atomic E-state index is 2.55. The standard InChI is InChI=1S/C24H40Si/c1-3-5-7-9-11-12-14-19-23-25(24-20-16-15-17-21-24)22-18-13-10-8-6-4-2/h15-23,25H,3-14H2,1-2H3. The highest BCUT2D eigenvalue weighted by atomic mass is 28.3. The van der Waals surface area contributed by atoms with Crippen LogP contribution in [-0.2, 0) is 0 Å². The summed E-state index contributed by atoms with van der Waals surface area (Å²) < 4.78 is 0. The first-order valence-electron chi connectivity index (χ1n) is 10.8. The van der Waals surface area contributed by atoms with Crippen LogP contribution < -0.4 is 5.19 Å². The second kappa shape index (κ2) is 16.4. The third-order valence-corrected chi connectivity index (χ3v) is 7.35. The Labute approximate surface area is 159 Å². The van der Waals surface area contributed by atoms with Crippen molar-refractivity contribution in [1.29, 1.82) is 0 Å². The van der Waals surface area contributed by atoms with E-state index in [0.29, 0.717) is 0 Å². The molecular formula is C24H40Si. The van der Waals surface area contributed by atoms with Gasteiger partial charge in [0.25, 0.3) is 0 Å². The molecule has 0 amide bonds. The second-order valence-corrected chi connectivity index (χ2v) is 9.69. The zero-order valence-corrected chi connectivity index (χ0v) is 17.9. The van der Waals surface area contributed by atoms with E-state index in [-0.39, 0.29) is 0 Å². The van der Waals surface area contributed by atoms with Crippen LogP contribution in [-0.4, -0.2) is 8.80 Å². The van der Waals surface area contributed by atoms with Crippen LogP contribution in [0.5, 0.6) is 0 Å². The summed E-state index contributed by atoms with van der Waals surface area (Å²) in [7, 11) is -1.08. The molecule has 0 nitrogen and oxygen atoms in total. The summed E-state index contributed by atoms with van der Waals surface area (Å²) in [5.41, 5.74) is 5.09. The van der Waals surface area contributed by atoms with E-state index in [9.17, 15) is 0 Å². The number of unbranched alkanes of at least 4 members (excludes halogenated alkanes) is 10. The molecule has 0 aliphatic rings. The lowest BCUT2D eigenvalue weighted by Gasteiger charge is -2.07. The van der Waals surface area contributed by atoms with Crippen molar-refractivity contribution in [2.24, 2.45) is 0 Å². The van der Waals surface area contributed by atoms with Gasteiger partial charge in [0.15, 0.2) is 0 Å². The largest absolute Gasteiger partial charge is 0.117 e. The molecule has 1 heteroatoms. The highest BCUT2D eigenvalue weighted by molar-refractivity contribution is 6.82. The Bertz CT molecular complexity index is 446. The third-order valence-electron chi connectivity index (χ3n) is 4.82. The molecule has 1 aromatic rings. The highest BCUT2D eigenvalue weighted by Gasteiger charge is 2.04. The molecule has 0 N–H and O–H groups in total. The summed E-state index contributed by atoms with van der Waals surface area (Å²) in [6.45, 7) is 4.57. The molecule has 25 heavy (non-hydrogen) atoms. The van der Waals surface area contributed by atoms with Crippen LogP contribution in [0.1, 0.15) is 90.9 Å². The van der Waals surface area contributed by atoms with Crippen LogP contribution in [0.4, 0.5) is 0 Å². The molecule has 0 aliphatic carbocycles. The second-order valence-electron chi connectivity index (χ2n) is 7.20. The first-order chi connectivity index (χ1) is 12.4. The minimum Gasteiger partial charge on any atom is -0.0933 e. The summed E-state index contributed by atoms with van der Waals surface area (Å²) in [5, 5.41) is 1.55. The van der Waals surface area contributed by atoms with Gasteiger partial charge in [-0.2, -0.15) is 0 Å². The minimum atomic E-state index is -1.08. The Morgan fingerprint density at radius 2 is 1.12 bits per heavy atom. The summed E-state index contributed by atoms with van der Waals surface area (Å²) in [6.07, 6.45) is 21.2. The van der Waals surface area contributed by atoms with Crippen molar-refractivity contribution in [2.75, 3.05) is 0 Å². The van der Waals surface area contributed by atoms with Gasteiger partial charge in [-0.05, 0) is 25.7 Å². The van der Waals surface area contributed by atoms with E-state index < -0.39 is 8.80 Å². The molecule has 0 saturated carbocycles. The molecule has 1 rings (SSSR count). The van der Waals surface area contributed by atoms with Gasteiger partial charge in [0.1, 0.15) is 8.80 Å². The van der Waals surface area contributed by atoms with Crippen molar-refractivity contribution in [2.45, 2.75) is 90.9 Å². The van der Waals surface area contributed by atoms with Gasteiger partial charge in [-0.25, -0.2) is 0 Å². The molecule has 0 saturated heterocycles. The van der Waals surface area contributed by atoms with E-state index in [1.807, 2.05) is 0 Å². The summed E-state index contributed by atoms with van der Waals surface area (Å²) in [4.78, 5) is 0. The van der Waals surface area contributed by atoms with Gasteiger partial charge >= 0.3 is 0 Å². The van der Waals surface area contributed by atoms with Gasteiger partial charge in [0.2, 0.25) is 0 Å². The van der Waals surface area contributed by atoms with E-state index in [0.717, 1.165) is 0 Å². The van der Waals surface area contributed by atoms with Crippen molar-refractivity contribution in [3.8, 4) is 0 Å². The van der Waals surface area contributed by atoms with E-state index >= 15 is 0 Å². The van der Waals surface area contributed by atoms with E-state index in [4.69, 9.17) is 0 Å². The first-order valence-corrected chi connectivity index (χ1v) is 12.7. The normalized spacial score (nSPS) is 13.0. The lowest BCUT2D eigenvalue weighted by atomic mass is 10.1. The molecule has 0 fully saturated rings. The fraction of sp³-hybridized carbons (Fsp3) is 0.583. The fourth-order valence-corrected chi connectivity index (χ4v) is 5.39. The van der Waals surface area contributed by atoms with Crippen molar-refractivity contribution in [3.05, 3.63) is 53.9 Å². The molecule has 140 valence electrons. The first kappa shape index (κ1) is 22.0. The van der Waals surface area contributed by atoms with E-state index in [1.165, 1.54) is 77.0 Å². The van der Waals surface area contributed by atoms with E-state index in [1.54, 1.807) is 5.19 Å². The van der Waals surface area contributed by atoms with Gasteiger partial charge in [0, 0.05) is 0 Å². The highest BCUT2D eigenvalue weighted by Crippen LogP contribution is 2.08. The number of benzene rings is 1. The van der Waals surface area contributed by atoms with Crippen molar-refractivity contribution < 1.29 is 0 Å². The number of hydrogen-bond donors (Lipinski definition) is 0. The van der Waals surface area contributed by atoms with Crippen molar-refractivity contribution in [3.63, 3.8) is 0 Å². The lowest BCUT2D eigenvalue weighted by Crippen LogP contribution is -2.25. The van der Waals surface area contributed by atoms with Gasteiger partial charge in [0.05, 0.1) is 0 Å². The quantitative estimate of drug-likeness (QED) is 0.234. The Hall–Kier alpha value is -1.08. The molecule has 1 aromatic carbocycles. The maximum Gasteiger partial charge on any atom is 0.117 e. The van der Waals surface area contributed by atoms with Crippen molar-refractivity contribution >= 4 is 14.0 Å². The van der Waals surface area contributed by atoms with Gasteiger partial charge in [-0.1, -0.05) is 124 Å². The fourth-order valence-electron chi connectivity index (χ4n) is 3.18. The Kier molecular flexibility index (Phi) is 14.4. The molecular weight excluding hydrogens is 316 g/mol. The summed E-state index contributed by atoms with van der Waals surface area (Å²) >= 11 is 0. The van der Waals surface area contributed by atoms with Crippen LogP contribution >= 0.6 is 0 Å². The van der Waals surface area contributed by atoms with Crippen LogP contribution in [0.2, 0.25) is 0 Å². The van der Waals surface area contributed by atoms with Crippen LogP contribution in [0.15, 0.2) is 53.9 Å². The number of allylic oxidation sites excluding steroid dienone is 2.